The minimum Gasteiger partial charge on any atom is -0.369 e. The quantitative estimate of drug-likeness (QED) is 0.436. The van der Waals surface area contributed by atoms with Crippen LogP contribution >= 0.6 is 23.5 Å². The van der Waals surface area contributed by atoms with Gasteiger partial charge in [-0.3, -0.25) is 9.59 Å². The van der Waals surface area contributed by atoms with Gasteiger partial charge in [-0.15, -0.1) is 23.5 Å². The SMILES string of the molecule is NC(=O)CSCSCC(N)=O. The molecule has 0 aromatic carbocycles. The molecule has 0 fully saturated rings. The van der Waals surface area contributed by atoms with Crippen molar-refractivity contribution in [1.82, 2.24) is 0 Å². The van der Waals surface area contributed by atoms with Crippen molar-refractivity contribution in [3.8, 4) is 0 Å². The number of thioether (sulfide) groups is 2. The van der Waals surface area contributed by atoms with E-state index in [1.54, 1.807) is 0 Å². The molecule has 0 atom stereocenters. The molecule has 0 spiro atoms. The van der Waals surface area contributed by atoms with E-state index in [9.17, 15) is 9.59 Å². The molecule has 11 heavy (non-hydrogen) atoms. The lowest BCUT2D eigenvalue weighted by molar-refractivity contribution is -0.116. The molecule has 0 aromatic heterocycles. The zero-order chi connectivity index (χ0) is 8.69. The fourth-order valence-corrected chi connectivity index (χ4v) is 1.88. The average Bonchev–Trinajstić information content (AvgIpc) is 1.85. The van der Waals surface area contributed by atoms with Gasteiger partial charge in [0.25, 0.3) is 0 Å². The third-order valence-corrected chi connectivity index (χ3v) is 2.97. The summed E-state index contributed by atoms with van der Waals surface area (Å²) in [6.45, 7) is 0. The molecular formula is C5H10N2O2S2. The predicted molar refractivity (Wildman–Crippen MR) is 48.2 cm³/mol. The van der Waals surface area contributed by atoms with E-state index < -0.39 is 0 Å². The molecule has 0 radical (unpaired) electrons. The largest absolute Gasteiger partial charge is 0.369 e. The van der Waals surface area contributed by atoms with Gasteiger partial charge in [0.15, 0.2) is 0 Å². The summed E-state index contributed by atoms with van der Waals surface area (Å²) in [5.41, 5.74) is 9.75. The molecule has 64 valence electrons. The van der Waals surface area contributed by atoms with Crippen LogP contribution in [0.15, 0.2) is 0 Å². The fourth-order valence-electron chi connectivity index (χ4n) is 0.343. The van der Waals surface area contributed by atoms with Crippen molar-refractivity contribution in [1.29, 1.82) is 0 Å². The summed E-state index contributed by atoms with van der Waals surface area (Å²) in [4.78, 5) is 20.4. The van der Waals surface area contributed by atoms with Gasteiger partial charge in [0, 0.05) is 5.08 Å². The number of primary amides is 2. The van der Waals surface area contributed by atoms with E-state index in [4.69, 9.17) is 11.5 Å². The van der Waals surface area contributed by atoms with Crippen LogP contribution in [0, 0.1) is 0 Å². The van der Waals surface area contributed by atoms with E-state index in [0.717, 1.165) is 0 Å². The molecule has 0 aliphatic heterocycles. The van der Waals surface area contributed by atoms with Gasteiger partial charge in [-0.2, -0.15) is 0 Å². The Morgan fingerprint density at radius 1 is 1.00 bits per heavy atom. The van der Waals surface area contributed by atoms with E-state index in [0.29, 0.717) is 16.6 Å². The van der Waals surface area contributed by atoms with Gasteiger partial charge in [-0.05, 0) is 0 Å². The molecule has 0 aliphatic carbocycles. The normalized spacial score (nSPS) is 9.45. The third-order valence-electron chi connectivity index (χ3n) is 0.655. The molecule has 2 amide bonds. The Labute approximate surface area is 73.4 Å². The standard InChI is InChI=1S/C5H10N2O2S2/c6-4(8)1-10-3-11-2-5(7)9/h1-3H2,(H2,6,8)(H2,7,9). The second-order valence-electron chi connectivity index (χ2n) is 1.75. The molecule has 0 heterocycles. The minimum atomic E-state index is -0.338. The maximum atomic E-state index is 10.2. The molecule has 0 saturated carbocycles. The van der Waals surface area contributed by atoms with Crippen molar-refractivity contribution < 1.29 is 9.59 Å². The first-order valence-corrected chi connectivity index (χ1v) is 5.16. The molecule has 0 aliphatic rings. The molecule has 0 aromatic rings. The van der Waals surface area contributed by atoms with Crippen LogP contribution in [0.1, 0.15) is 0 Å². The van der Waals surface area contributed by atoms with Crippen molar-refractivity contribution in [3.63, 3.8) is 0 Å². The highest BCUT2D eigenvalue weighted by molar-refractivity contribution is 8.16. The van der Waals surface area contributed by atoms with Gasteiger partial charge in [-0.1, -0.05) is 0 Å². The summed E-state index contributed by atoms with van der Waals surface area (Å²) < 4.78 is 0. The van der Waals surface area contributed by atoms with Crippen molar-refractivity contribution in [2.75, 3.05) is 16.6 Å². The van der Waals surface area contributed by atoms with Crippen LogP contribution in [0.2, 0.25) is 0 Å². The number of hydrogen-bond acceptors (Lipinski definition) is 4. The van der Waals surface area contributed by atoms with Gasteiger partial charge in [0.2, 0.25) is 11.8 Å². The van der Waals surface area contributed by atoms with Crippen LogP contribution in [0.3, 0.4) is 0 Å². The van der Waals surface area contributed by atoms with Crippen molar-refractivity contribution >= 4 is 35.3 Å². The molecule has 0 rings (SSSR count). The monoisotopic (exact) mass is 194 g/mol. The smallest absolute Gasteiger partial charge is 0.227 e. The van der Waals surface area contributed by atoms with E-state index in [-0.39, 0.29) is 11.8 Å². The lowest BCUT2D eigenvalue weighted by atomic mass is 10.8. The zero-order valence-corrected chi connectivity index (χ0v) is 7.54. The Hall–Kier alpha value is -0.360. The highest BCUT2D eigenvalue weighted by atomic mass is 32.2. The van der Waals surface area contributed by atoms with Gasteiger partial charge in [0.05, 0.1) is 11.5 Å². The highest BCUT2D eigenvalue weighted by Crippen LogP contribution is 2.10. The molecule has 4 nitrogen and oxygen atoms in total. The van der Waals surface area contributed by atoms with E-state index in [2.05, 4.69) is 0 Å². The number of amides is 2. The molecule has 0 saturated heterocycles. The van der Waals surface area contributed by atoms with Gasteiger partial charge < -0.3 is 11.5 Å². The van der Waals surface area contributed by atoms with Crippen LogP contribution in [0.25, 0.3) is 0 Å². The number of carbonyl (C=O) groups excluding carboxylic acids is 2. The third kappa shape index (κ3) is 9.64. The molecule has 0 unspecified atom stereocenters. The first-order chi connectivity index (χ1) is 5.13. The minimum absolute atomic E-state index is 0.297. The van der Waals surface area contributed by atoms with Gasteiger partial charge in [-0.25, -0.2) is 0 Å². The summed E-state index contributed by atoms with van der Waals surface area (Å²) in [6, 6.07) is 0. The number of nitrogens with two attached hydrogens (primary N) is 2. The predicted octanol–water partition coefficient (Wildman–Crippen LogP) is -0.619. The van der Waals surface area contributed by atoms with Crippen LogP contribution in [0.4, 0.5) is 0 Å². The molecule has 0 bridgehead atoms. The van der Waals surface area contributed by atoms with Crippen LogP contribution < -0.4 is 11.5 Å². The number of carbonyl (C=O) groups is 2. The van der Waals surface area contributed by atoms with E-state index in [1.165, 1.54) is 23.5 Å². The van der Waals surface area contributed by atoms with Gasteiger partial charge >= 0.3 is 0 Å². The molecule has 4 N–H and O–H groups in total. The average molecular weight is 194 g/mol. The van der Waals surface area contributed by atoms with Crippen LogP contribution in [0.5, 0.6) is 0 Å². The maximum Gasteiger partial charge on any atom is 0.227 e. The highest BCUT2D eigenvalue weighted by Gasteiger charge is 1.96. The molecule has 6 heteroatoms. The van der Waals surface area contributed by atoms with Crippen LogP contribution in [-0.2, 0) is 9.59 Å². The second-order valence-corrected chi connectivity index (χ2v) is 4.08. The van der Waals surface area contributed by atoms with Crippen LogP contribution in [-0.4, -0.2) is 28.4 Å². The van der Waals surface area contributed by atoms with Crippen molar-refractivity contribution in [2.24, 2.45) is 11.5 Å². The first kappa shape index (κ1) is 10.6. The lowest BCUT2D eigenvalue weighted by Gasteiger charge is -1.95. The Morgan fingerprint density at radius 3 is 1.64 bits per heavy atom. The Kier molecular flexibility index (Phi) is 6.15. The Morgan fingerprint density at radius 2 is 1.36 bits per heavy atom. The molecular weight excluding hydrogens is 184 g/mol. The maximum absolute atomic E-state index is 10.2. The van der Waals surface area contributed by atoms with E-state index in [1.807, 2.05) is 0 Å². The fraction of sp³-hybridized carbons (Fsp3) is 0.600. The summed E-state index contributed by atoms with van der Waals surface area (Å²) in [6.07, 6.45) is 0. The summed E-state index contributed by atoms with van der Waals surface area (Å²) in [5.74, 6) is -0.0818. The summed E-state index contributed by atoms with van der Waals surface area (Å²) >= 11 is 2.77. The van der Waals surface area contributed by atoms with Crippen molar-refractivity contribution in [2.45, 2.75) is 0 Å². The summed E-state index contributed by atoms with van der Waals surface area (Å²) in [5, 5.41) is 0.673. The number of hydrogen-bond donors (Lipinski definition) is 2. The van der Waals surface area contributed by atoms with Gasteiger partial charge in [0.1, 0.15) is 0 Å². The number of rotatable bonds is 6. The Balaban J connectivity index is 3.03. The van der Waals surface area contributed by atoms with Crippen molar-refractivity contribution in [3.05, 3.63) is 0 Å². The summed E-state index contributed by atoms with van der Waals surface area (Å²) in [7, 11) is 0. The van der Waals surface area contributed by atoms with E-state index >= 15 is 0 Å². The lowest BCUT2D eigenvalue weighted by Crippen LogP contribution is -2.14. The Bertz CT molecular complexity index is 135. The first-order valence-electron chi connectivity index (χ1n) is 2.85. The second kappa shape index (κ2) is 6.36. The topological polar surface area (TPSA) is 86.2 Å². The zero-order valence-electron chi connectivity index (χ0n) is 5.91.